The number of carbonyl (C=O) groups is 1. The van der Waals surface area contributed by atoms with Crippen molar-refractivity contribution in [1.29, 1.82) is 0 Å². The lowest BCUT2D eigenvalue weighted by molar-refractivity contribution is -0.131. The zero-order chi connectivity index (χ0) is 24.5. The van der Waals surface area contributed by atoms with E-state index in [0.717, 1.165) is 47.2 Å². The van der Waals surface area contributed by atoms with Gasteiger partial charge in [-0.25, -0.2) is 0 Å². The summed E-state index contributed by atoms with van der Waals surface area (Å²) in [5.74, 6) is 3.19. The number of rotatable bonds is 8. The van der Waals surface area contributed by atoms with E-state index >= 15 is 0 Å². The molecule has 0 radical (unpaired) electrons. The van der Waals surface area contributed by atoms with Gasteiger partial charge in [0, 0.05) is 43.2 Å². The summed E-state index contributed by atoms with van der Waals surface area (Å²) >= 11 is 0. The maximum Gasteiger partial charge on any atom is 0.231 e. The number of nitrogens with one attached hydrogen (secondary N) is 1. The molecule has 0 bridgehead atoms. The van der Waals surface area contributed by atoms with E-state index in [1.807, 2.05) is 29.2 Å². The summed E-state index contributed by atoms with van der Waals surface area (Å²) in [6.07, 6.45) is 3.63. The highest BCUT2D eigenvalue weighted by atomic mass is 16.7. The molecular weight excluding hydrogens is 456 g/mol. The minimum absolute atomic E-state index is 0.136. The number of aryl methyl sites for hydroxylation is 1. The zero-order valence-electron chi connectivity index (χ0n) is 20.7. The first-order chi connectivity index (χ1) is 17.6. The van der Waals surface area contributed by atoms with Crippen molar-refractivity contribution in [2.24, 2.45) is 0 Å². The molecule has 188 valence electrons. The van der Waals surface area contributed by atoms with Crippen LogP contribution in [0.1, 0.15) is 53.3 Å². The molecule has 3 aromatic rings. The minimum Gasteiger partial charge on any atom is -0.491 e. The van der Waals surface area contributed by atoms with Crippen LogP contribution in [0.2, 0.25) is 0 Å². The Morgan fingerprint density at radius 3 is 2.75 bits per heavy atom. The fourth-order valence-electron chi connectivity index (χ4n) is 4.97. The van der Waals surface area contributed by atoms with Gasteiger partial charge in [-0.2, -0.15) is 5.10 Å². The number of aromatic amines is 1. The van der Waals surface area contributed by atoms with Crippen molar-refractivity contribution in [1.82, 2.24) is 20.0 Å². The van der Waals surface area contributed by atoms with Gasteiger partial charge in [0.1, 0.15) is 12.4 Å². The first-order valence-electron chi connectivity index (χ1n) is 12.7. The van der Waals surface area contributed by atoms with Crippen LogP contribution in [0.15, 0.2) is 42.5 Å². The Balaban J connectivity index is 1.06. The van der Waals surface area contributed by atoms with Crippen LogP contribution in [0.3, 0.4) is 0 Å². The number of hydrogen-bond donors (Lipinski definition) is 1. The third-order valence-electron chi connectivity index (χ3n) is 7.06. The molecule has 1 aliphatic carbocycles. The fraction of sp³-hybridized carbons (Fsp3) is 0.429. The van der Waals surface area contributed by atoms with Gasteiger partial charge in [-0.3, -0.25) is 14.8 Å². The number of H-pyrrole nitrogens is 1. The number of benzene rings is 2. The monoisotopic (exact) mass is 488 g/mol. The molecule has 0 unspecified atom stereocenters. The van der Waals surface area contributed by atoms with Gasteiger partial charge in [0.15, 0.2) is 11.5 Å². The number of ether oxygens (including phenoxy) is 3. The molecule has 1 amide bonds. The number of amides is 1. The summed E-state index contributed by atoms with van der Waals surface area (Å²) in [7, 11) is 2.12. The van der Waals surface area contributed by atoms with Crippen molar-refractivity contribution in [3.05, 3.63) is 70.5 Å². The molecule has 0 spiro atoms. The van der Waals surface area contributed by atoms with Crippen LogP contribution in [0.5, 0.6) is 17.2 Å². The number of fused-ring (bicyclic) bond motifs is 2. The van der Waals surface area contributed by atoms with Crippen LogP contribution in [0.4, 0.5) is 0 Å². The van der Waals surface area contributed by atoms with Crippen LogP contribution >= 0.6 is 0 Å². The van der Waals surface area contributed by atoms with Crippen molar-refractivity contribution < 1.29 is 19.0 Å². The molecule has 1 N–H and O–H groups in total. The highest BCUT2D eigenvalue weighted by Gasteiger charge is 2.26. The molecule has 8 nitrogen and oxygen atoms in total. The molecule has 0 saturated heterocycles. The minimum atomic E-state index is 0.136. The summed E-state index contributed by atoms with van der Waals surface area (Å²) in [4.78, 5) is 17.3. The third-order valence-corrected chi connectivity index (χ3v) is 7.06. The summed E-state index contributed by atoms with van der Waals surface area (Å²) in [5, 5.41) is 7.65. The lowest BCUT2D eigenvalue weighted by atomic mass is 10.1. The predicted molar refractivity (Wildman–Crippen MR) is 134 cm³/mol. The van der Waals surface area contributed by atoms with Crippen LogP contribution in [0, 0.1) is 0 Å². The smallest absolute Gasteiger partial charge is 0.231 e. The topological polar surface area (TPSA) is 79.9 Å². The van der Waals surface area contributed by atoms with Gasteiger partial charge in [-0.1, -0.05) is 12.1 Å². The molecule has 1 fully saturated rings. The van der Waals surface area contributed by atoms with Crippen molar-refractivity contribution in [3.8, 4) is 17.2 Å². The van der Waals surface area contributed by atoms with E-state index in [4.69, 9.17) is 14.2 Å². The first kappa shape index (κ1) is 22.9. The zero-order valence-corrected chi connectivity index (χ0v) is 20.7. The normalized spacial score (nSPS) is 16.6. The van der Waals surface area contributed by atoms with Gasteiger partial charge >= 0.3 is 0 Å². The van der Waals surface area contributed by atoms with Gasteiger partial charge in [0.25, 0.3) is 0 Å². The average Bonchev–Trinajstić information content (AvgIpc) is 3.51. The SMILES string of the molecule is CN(Cc1ccc2c(c1)CN(C(=O)CCc1ccc3c(c1)OCO3)CCO2)Cc1cc(C2CC2)n[nH]1. The van der Waals surface area contributed by atoms with Gasteiger partial charge < -0.3 is 19.1 Å². The van der Waals surface area contributed by atoms with Gasteiger partial charge in [-0.05, 0) is 67.8 Å². The van der Waals surface area contributed by atoms with Crippen molar-refractivity contribution in [3.63, 3.8) is 0 Å². The summed E-state index contributed by atoms with van der Waals surface area (Å²) in [6.45, 7) is 3.55. The van der Waals surface area contributed by atoms with Gasteiger partial charge in [0.2, 0.25) is 12.7 Å². The molecule has 3 aliphatic rings. The second kappa shape index (κ2) is 9.85. The van der Waals surface area contributed by atoms with Crippen LogP contribution in [0.25, 0.3) is 0 Å². The number of nitrogens with zero attached hydrogens (tertiary/aromatic N) is 3. The third kappa shape index (κ3) is 5.18. The summed E-state index contributed by atoms with van der Waals surface area (Å²) in [5.41, 5.74) is 5.69. The molecule has 2 aromatic carbocycles. The summed E-state index contributed by atoms with van der Waals surface area (Å²) < 4.78 is 16.8. The van der Waals surface area contributed by atoms with E-state index in [2.05, 4.69) is 40.3 Å². The quantitative estimate of drug-likeness (QED) is 0.516. The average molecular weight is 489 g/mol. The van der Waals surface area contributed by atoms with Crippen molar-refractivity contribution in [2.75, 3.05) is 27.0 Å². The van der Waals surface area contributed by atoms with Gasteiger partial charge in [0.05, 0.1) is 12.2 Å². The maximum atomic E-state index is 13.1. The highest BCUT2D eigenvalue weighted by molar-refractivity contribution is 5.76. The molecular formula is C28H32N4O4. The van der Waals surface area contributed by atoms with Crippen LogP contribution in [-0.4, -0.2) is 52.9 Å². The second-order valence-electron chi connectivity index (χ2n) is 10.1. The lowest BCUT2D eigenvalue weighted by Gasteiger charge is -2.21. The van der Waals surface area contributed by atoms with Gasteiger partial charge in [-0.15, -0.1) is 0 Å². The second-order valence-corrected chi connectivity index (χ2v) is 10.1. The molecule has 1 aromatic heterocycles. The summed E-state index contributed by atoms with van der Waals surface area (Å²) in [6, 6.07) is 14.4. The Bertz CT molecular complexity index is 1250. The van der Waals surface area contributed by atoms with Crippen molar-refractivity contribution >= 4 is 5.91 Å². The van der Waals surface area contributed by atoms with E-state index in [1.165, 1.54) is 24.1 Å². The number of carbonyl (C=O) groups excluding carboxylic acids is 1. The van der Waals surface area contributed by atoms with E-state index < -0.39 is 0 Å². The first-order valence-corrected chi connectivity index (χ1v) is 12.7. The van der Waals surface area contributed by atoms with E-state index in [0.29, 0.717) is 38.5 Å². The Labute approximate surface area is 211 Å². The number of hydrogen-bond acceptors (Lipinski definition) is 6. The lowest BCUT2D eigenvalue weighted by Crippen LogP contribution is -2.32. The molecule has 3 heterocycles. The Hall–Kier alpha value is -3.52. The van der Waals surface area contributed by atoms with Crippen LogP contribution in [-0.2, 0) is 30.8 Å². The molecule has 8 heteroatoms. The molecule has 36 heavy (non-hydrogen) atoms. The highest BCUT2D eigenvalue weighted by Crippen LogP contribution is 2.39. The molecule has 1 saturated carbocycles. The molecule has 6 rings (SSSR count). The Kier molecular flexibility index (Phi) is 6.27. The van der Waals surface area contributed by atoms with Crippen LogP contribution < -0.4 is 14.2 Å². The Morgan fingerprint density at radius 2 is 1.86 bits per heavy atom. The maximum absolute atomic E-state index is 13.1. The Morgan fingerprint density at radius 1 is 1.03 bits per heavy atom. The standard InChI is InChI=1S/C28H32N4O4/c1-31(17-23-14-24(30-29-23)21-5-6-21)15-20-3-7-25-22(12-20)16-32(10-11-34-25)28(33)9-4-19-2-8-26-27(13-19)36-18-35-26/h2-3,7-8,12-14,21H,4-6,9-11,15-18H2,1H3,(H,29,30). The number of aromatic nitrogens is 2. The molecule has 0 atom stereocenters. The predicted octanol–water partition coefficient (Wildman–Crippen LogP) is 4.00. The largest absolute Gasteiger partial charge is 0.491 e. The van der Waals surface area contributed by atoms with E-state index in [-0.39, 0.29) is 12.7 Å². The van der Waals surface area contributed by atoms with E-state index in [1.54, 1.807) is 0 Å². The fourth-order valence-corrected chi connectivity index (χ4v) is 4.97. The van der Waals surface area contributed by atoms with Crippen molar-refractivity contribution in [2.45, 2.75) is 51.2 Å². The molecule has 2 aliphatic heterocycles. The van der Waals surface area contributed by atoms with E-state index in [9.17, 15) is 4.79 Å².